The van der Waals surface area contributed by atoms with Gasteiger partial charge >= 0.3 is 0 Å². The molecule has 0 saturated heterocycles. The average molecular weight is 280 g/mol. The van der Waals surface area contributed by atoms with Crippen molar-refractivity contribution < 1.29 is 4.79 Å². The zero-order valence-electron chi connectivity index (χ0n) is 11.3. The minimum Gasteiger partial charge on any atom is -0.307 e. The van der Waals surface area contributed by atoms with Crippen molar-refractivity contribution in [1.29, 1.82) is 0 Å². The van der Waals surface area contributed by atoms with Crippen molar-refractivity contribution in [3.63, 3.8) is 0 Å². The highest BCUT2D eigenvalue weighted by Gasteiger charge is 2.07. The lowest BCUT2D eigenvalue weighted by Crippen LogP contribution is -2.13. The number of pyridine rings is 1. The maximum Gasteiger partial charge on any atom is 0.256 e. The number of hydrogen-bond donors (Lipinski definition) is 1. The maximum absolute atomic E-state index is 12.1. The second kappa shape index (κ2) is 5.49. The Morgan fingerprint density at radius 3 is 2.67 bits per heavy atom. The van der Waals surface area contributed by atoms with E-state index in [4.69, 9.17) is 0 Å². The van der Waals surface area contributed by atoms with E-state index >= 15 is 0 Å². The number of rotatable bonds is 3. The quantitative estimate of drug-likeness (QED) is 0.788. The third-order valence-electron chi connectivity index (χ3n) is 2.90. The summed E-state index contributed by atoms with van der Waals surface area (Å²) in [6, 6.07) is 10.7. The van der Waals surface area contributed by atoms with Gasteiger partial charge in [0.05, 0.1) is 5.69 Å². The van der Waals surface area contributed by atoms with Gasteiger partial charge in [-0.15, -0.1) is 5.10 Å². The molecule has 0 aliphatic heterocycles. The number of nitrogens with one attached hydrogen (secondary N) is 1. The van der Waals surface area contributed by atoms with Crippen molar-refractivity contribution in [2.45, 2.75) is 6.92 Å². The number of aryl methyl sites for hydroxylation is 1. The molecule has 0 fully saturated rings. The van der Waals surface area contributed by atoms with Crippen LogP contribution in [0.5, 0.6) is 0 Å². The number of carbonyl (C=O) groups excluding carboxylic acids is 1. The number of benzene rings is 1. The van der Waals surface area contributed by atoms with E-state index in [-0.39, 0.29) is 5.91 Å². The van der Waals surface area contributed by atoms with E-state index in [1.165, 1.54) is 11.0 Å². The molecule has 1 amide bonds. The molecule has 2 heterocycles. The van der Waals surface area contributed by atoms with E-state index in [1.54, 1.807) is 30.5 Å². The van der Waals surface area contributed by atoms with Crippen molar-refractivity contribution in [1.82, 2.24) is 25.2 Å². The SMILES string of the molecule is Cc1ccnc(NC(=O)c2ccc(-n3cnnn3)cc2)c1. The summed E-state index contributed by atoms with van der Waals surface area (Å²) < 4.78 is 1.52. The normalized spacial score (nSPS) is 10.3. The largest absolute Gasteiger partial charge is 0.307 e. The zero-order chi connectivity index (χ0) is 14.7. The molecule has 0 unspecified atom stereocenters. The highest BCUT2D eigenvalue weighted by atomic mass is 16.1. The summed E-state index contributed by atoms with van der Waals surface area (Å²) in [6.45, 7) is 1.94. The van der Waals surface area contributed by atoms with Crippen LogP contribution in [-0.2, 0) is 0 Å². The lowest BCUT2D eigenvalue weighted by atomic mass is 10.2. The maximum atomic E-state index is 12.1. The number of carbonyl (C=O) groups is 1. The van der Waals surface area contributed by atoms with Gasteiger partial charge < -0.3 is 5.32 Å². The van der Waals surface area contributed by atoms with Crippen LogP contribution in [0.25, 0.3) is 5.69 Å². The van der Waals surface area contributed by atoms with Crippen LogP contribution in [0.3, 0.4) is 0 Å². The fourth-order valence-corrected chi connectivity index (χ4v) is 1.84. The van der Waals surface area contributed by atoms with Gasteiger partial charge in [0, 0.05) is 11.8 Å². The Labute approximate surface area is 120 Å². The summed E-state index contributed by atoms with van der Waals surface area (Å²) in [7, 11) is 0. The number of hydrogen-bond acceptors (Lipinski definition) is 5. The molecule has 7 heteroatoms. The summed E-state index contributed by atoms with van der Waals surface area (Å²) >= 11 is 0. The number of amides is 1. The first-order valence-corrected chi connectivity index (χ1v) is 6.30. The van der Waals surface area contributed by atoms with Crippen LogP contribution in [0.1, 0.15) is 15.9 Å². The molecule has 0 spiro atoms. The Hall–Kier alpha value is -3.09. The molecule has 0 saturated carbocycles. The standard InChI is InChI=1S/C14H12N6O/c1-10-6-7-15-13(8-10)17-14(21)11-2-4-12(5-3-11)20-9-16-18-19-20/h2-9H,1H3,(H,15,17,21). The van der Waals surface area contributed by atoms with Crippen LogP contribution in [0, 0.1) is 6.92 Å². The Morgan fingerprint density at radius 2 is 2.00 bits per heavy atom. The van der Waals surface area contributed by atoms with Gasteiger partial charge in [0.15, 0.2) is 0 Å². The first-order valence-electron chi connectivity index (χ1n) is 6.30. The molecule has 0 radical (unpaired) electrons. The smallest absolute Gasteiger partial charge is 0.256 e. The van der Waals surface area contributed by atoms with Crippen LogP contribution < -0.4 is 5.32 Å². The van der Waals surface area contributed by atoms with E-state index < -0.39 is 0 Å². The lowest BCUT2D eigenvalue weighted by Gasteiger charge is -2.06. The molecular weight excluding hydrogens is 268 g/mol. The topological polar surface area (TPSA) is 85.6 Å². The molecule has 1 N–H and O–H groups in total. The number of anilines is 1. The number of aromatic nitrogens is 5. The fourth-order valence-electron chi connectivity index (χ4n) is 1.84. The summed E-state index contributed by atoms with van der Waals surface area (Å²) in [6.07, 6.45) is 3.15. The van der Waals surface area contributed by atoms with Crippen LogP contribution in [0.2, 0.25) is 0 Å². The molecule has 21 heavy (non-hydrogen) atoms. The van der Waals surface area contributed by atoms with Crippen molar-refractivity contribution in [2.24, 2.45) is 0 Å². The van der Waals surface area contributed by atoms with Gasteiger partial charge in [0.25, 0.3) is 5.91 Å². The van der Waals surface area contributed by atoms with E-state index in [0.717, 1.165) is 11.3 Å². The van der Waals surface area contributed by atoms with Crippen LogP contribution >= 0.6 is 0 Å². The summed E-state index contributed by atoms with van der Waals surface area (Å²) in [5.41, 5.74) is 2.36. The molecule has 2 aromatic heterocycles. The average Bonchev–Trinajstić information content (AvgIpc) is 3.01. The van der Waals surface area contributed by atoms with Gasteiger partial charge in [-0.1, -0.05) is 0 Å². The van der Waals surface area contributed by atoms with Gasteiger partial charge in [-0.05, 0) is 59.3 Å². The van der Waals surface area contributed by atoms with Crippen molar-refractivity contribution in [3.8, 4) is 5.69 Å². The predicted octanol–water partition coefficient (Wildman–Crippen LogP) is 1.62. The first kappa shape index (κ1) is 12.9. The van der Waals surface area contributed by atoms with Crippen molar-refractivity contribution in [3.05, 3.63) is 60.0 Å². The molecular formula is C14H12N6O. The molecule has 0 bridgehead atoms. The highest BCUT2D eigenvalue weighted by Crippen LogP contribution is 2.11. The minimum atomic E-state index is -0.212. The molecule has 0 aliphatic carbocycles. The zero-order valence-corrected chi connectivity index (χ0v) is 11.3. The Kier molecular flexibility index (Phi) is 3.38. The molecule has 3 aromatic rings. The third-order valence-corrected chi connectivity index (χ3v) is 2.90. The summed E-state index contributed by atoms with van der Waals surface area (Å²) in [5.74, 6) is 0.320. The van der Waals surface area contributed by atoms with Gasteiger partial charge in [0.1, 0.15) is 12.1 Å². The first-order chi connectivity index (χ1) is 10.2. The molecule has 0 aliphatic rings. The minimum absolute atomic E-state index is 0.212. The van der Waals surface area contributed by atoms with E-state index in [1.807, 2.05) is 19.1 Å². The van der Waals surface area contributed by atoms with Crippen molar-refractivity contribution in [2.75, 3.05) is 5.32 Å². The third kappa shape index (κ3) is 2.92. The lowest BCUT2D eigenvalue weighted by molar-refractivity contribution is 0.102. The van der Waals surface area contributed by atoms with Crippen LogP contribution in [0.4, 0.5) is 5.82 Å². The molecule has 3 rings (SSSR count). The van der Waals surface area contributed by atoms with Gasteiger partial charge in [0.2, 0.25) is 0 Å². The van der Waals surface area contributed by atoms with Gasteiger partial charge in [-0.2, -0.15) is 0 Å². The van der Waals surface area contributed by atoms with E-state index in [9.17, 15) is 4.79 Å². The number of nitrogens with zero attached hydrogens (tertiary/aromatic N) is 5. The van der Waals surface area contributed by atoms with Crippen LogP contribution in [0.15, 0.2) is 48.9 Å². The van der Waals surface area contributed by atoms with Crippen LogP contribution in [-0.4, -0.2) is 31.1 Å². The molecule has 104 valence electrons. The Balaban J connectivity index is 1.76. The van der Waals surface area contributed by atoms with E-state index in [0.29, 0.717) is 11.4 Å². The second-order valence-corrected chi connectivity index (χ2v) is 4.47. The molecule has 1 aromatic carbocycles. The van der Waals surface area contributed by atoms with E-state index in [2.05, 4.69) is 25.8 Å². The van der Waals surface area contributed by atoms with Gasteiger partial charge in [-0.25, -0.2) is 9.67 Å². The summed E-state index contributed by atoms with van der Waals surface area (Å²) in [4.78, 5) is 16.2. The second-order valence-electron chi connectivity index (χ2n) is 4.47. The number of tetrazole rings is 1. The highest BCUT2D eigenvalue weighted by molar-refractivity contribution is 6.03. The van der Waals surface area contributed by atoms with Crippen molar-refractivity contribution >= 4 is 11.7 Å². The summed E-state index contributed by atoms with van der Waals surface area (Å²) in [5, 5.41) is 13.7. The Morgan fingerprint density at radius 1 is 1.19 bits per heavy atom. The predicted molar refractivity (Wildman–Crippen MR) is 76.1 cm³/mol. The fraction of sp³-hybridized carbons (Fsp3) is 0.0714. The molecule has 0 atom stereocenters. The Bertz CT molecular complexity index is 751. The molecule has 7 nitrogen and oxygen atoms in total. The van der Waals surface area contributed by atoms with Gasteiger partial charge in [-0.3, -0.25) is 4.79 Å². The monoisotopic (exact) mass is 280 g/mol.